The van der Waals surface area contributed by atoms with Crippen LogP contribution in [-0.2, 0) is 0 Å². The van der Waals surface area contributed by atoms with Crippen molar-refractivity contribution in [3.63, 3.8) is 0 Å². The smallest absolute Gasteiger partial charge is 0.162 e. The fraction of sp³-hybridized carbons (Fsp3) is 0.321. The molecule has 0 aliphatic carbocycles. The average Bonchev–Trinajstić information content (AvgIpc) is 2.88. The second kappa shape index (κ2) is 10.8. The molecule has 0 radical (unpaired) electrons. The largest absolute Gasteiger partial charge is 0.493 e. The summed E-state index contributed by atoms with van der Waals surface area (Å²) in [5.74, 6) is 1.92. The highest BCUT2D eigenvalue weighted by Crippen LogP contribution is 2.34. The van der Waals surface area contributed by atoms with E-state index in [2.05, 4.69) is 53.4 Å². The number of piperidine rings is 1. The Hall–Kier alpha value is -3.29. The number of hydrogen-bond donors (Lipinski definition) is 0. The SMILES string of the molecule is COc1cc(C#N)ccc1O[C@@H](CCN1CCC(c2ccccc2)CC1)c1ccccc1. The predicted molar refractivity (Wildman–Crippen MR) is 127 cm³/mol. The molecule has 1 fully saturated rings. The van der Waals surface area contributed by atoms with Gasteiger partial charge in [0.2, 0.25) is 0 Å². The quantitative estimate of drug-likeness (QED) is 0.446. The van der Waals surface area contributed by atoms with Crippen LogP contribution in [0.25, 0.3) is 0 Å². The highest BCUT2D eigenvalue weighted by molar-refractivity contribution is 5.47. The Morgan fingerprint density at radius 2 is 1.62 bits per heavy atom. The minimum atomic E-state index is -0.0788. The van der Waals surface area contributed by atoms with E-state index in [0.717, 1.165) is 31.6 Å². The van der Waals surface area contributed by atoms with Crippen LogP contribution in [0.1, 0.15) is 48.0 Å². The van der Waals surface area contributed by atoms with Gasteiger partial charge in [0.05, 0.1) is 18.7 Å². The average molecular weight is 427 g/mol. The molecule has 164 valence electrons. The monoisotopic (exact) mass is 426 g/mol. The van der Waals surface area contributed by atoms with Crippen LogP contribution >= 0.6 is 0 Å². The van der Waals surface area contributed by atoms with Crippen LogP contribution in [0.5, 0.6) is 11.5 Å². The van der Waals surface area contributed by atoms with E-state index >= 15 is 0 Å². The van der Waals surface area contributed by atoms with Crippen LogP contribution in [0.15, 0.2) is 78.9 Å². The molecule has 32 heavy (non-hydrogen) atoms. The number of nitriles is 1. The van der Waals surface area contributed by atoms with Crippen molar-refractivity contribution in [1.29, 1.82) is 5.26 Å². The van der Waals surface area contributed by atoms with Gasteiger partial charge in [-0.1, -0.05) is 60.7 Å². The molecule has 1 aliphatic rings. The van der Waals surface area contributed by atoms with Gasteiger partial charge in [0.15, 0.2) is 11.5 Å². The first kappa shape index (κ1) is 21.9. The summed E-state index contributed by atoms with van der Waals surface area (Å²) in [5.41, 5.74) is 3.18. The molecule has 1 heterocycles. The fourth-order valence-corrected chi connectivity index (χ4v) is 4.46. The molecule has 4 nitrogen and oxygen atoms in total. The van der Waals surface area contributed by atoms with Crippen LogP contribution in [0.3, 0.4) is 0 Å². The maximum Gasteiger partial charge on any atom is 0.162 e. The van der Waals surface area contributed by atoms with Crippen LogP contribution < -0.4 is 9.47 Å². The lowest BCUT2D eigenvalue weighted by Crippen LogP contribution is -2.34. The van der Waals surface area contributed by atoms with Gasteiger partial charge in [-0.15, -0.1) is 0 Å². The zero-order valence-corrected chi connectivity index (χ0v) is 18.6. The molecule has 0 aromatic heterocycles. The highest BCUT2D eigenvalue weighted by Gasteiger charge is 2.23. The van der Waals surface area contributed by atoms with E-state index < -0.39 is 0 Å². The number of benzene rings is 3. The summed E-state index contributed by atoms with van der Waals surface area (Å²) in [6.07, 6.45) is 3.21. The summed E-state index contributed by atoms with van der Waals surface area (Å²) >= 11 is 0. The molecule has 3 aromatic carbocycles. The minimum absolute atomic E-state index is 0.0788. The lowest BCUT2D eigenvalue weighted by Gasteiger charge is -2.33. The van der Waals surface area contributed by atoms with Crippen molar-refractivity contribution in [2.75, 3.05) is 26.7 Å². The van der Waals surface area contributed by atoms with Crippen molar-refractivity contribution in [3.05, 3.63) is 95.6 Å². The second-order valence-corrected chi connectivity index (χ2v) is 8.31. The van der Waals surface area contributed by atoms with Gasteiger partial charge in [-0.3, -0.25) is 0 Å². The van der Waals surface area contributed by atoms with Gasteiger partial charge >= 0.3 is 0 Å². The van der Waals surface area contributed by atoms with E-state index in [0.29, 0.717) is 23.0 Å². The Balaban J connectivity index is 1.41. The molecule has 0 unspecified atom stereocenters. The first-order valence-electron chi connectivity index (χ1n) is 11.3. The first-order valence-corrected chi connectivity index (χ1v) is 11.3. The Labute approximate surface area is 191 Å². The number of nitrogens with zero attached hydrogens (tertiary/aromatic N) is 2. The molecular formula is C28H30N2O2. The standard InChI is InChI=1S/C28H30N2O2/c1-31-28-20-22(21-29)12-13-27(28)32-26(25-10-6-3-7-11-25)16-19-30-17-14-24(15-18-30)23-8-4-2-5-9-23/h2-13,20,24,26H,14-19H2,1H3/t26-/m0/s1. The van der Waals surface area contributed by atoms with Gasteiger partial charge < -0.3 is 14.4 Å². The first-order chi connectivity index (χ1) is 15.8. The summed E-state index contributed by atoms with van der Waals surface area (Å²) < 4.78 is 11.9. The maximum atomic E-state index is 9.18. The summed E-state index contributed by atoms with van der Waals surface area (Å²) in [6.45, 7) is 3.21. The lowest BCUT2D eigenvalue weighted by atomic mass is 9.89. The Morgan fingerprint density at radius 1 is 0.938 bits per heavy atom. The van der Waals surface area contributed by atoms with Crippen LogP contribution in [0.2, 0.25) is 0 Å². The van der Waals surface area contributed by atoms with E-state index in [-0.39, 0.29) is 6.10 Å². The second-order valence-electron chi connectivity index (χ2n) is 8.31. The van der Waals surface area contributed by atoms with Crippen LogP contribution in [0.4, 0.5) is 0 Å². The predicted octanol–water partition coefficient (Wildman–Crippen LogP) is 5.96. The number of ether oxygens (including phenoxy) is 2. The molecule has 0 spiro atoms. The van der Waals surface area contributed by atoms with Crippen molar-refractivity contribution in [3.8, 4) is 17.6 Å². The molecule has 0 saturated carbocycles. The topological polar surface area (TPSA) is 45.5 Å². The molecule has 0 N–H and O–H groups in total. The van der Waals surface area contributed by atoms with Gasteiger partial charge in [0, 0.05) is 19.0 Å². The molecule has 0 bridgehead atoms. The molecule has 4 rings (SSSR count). The van der Waals surface area contributed by atoms with Crippen molar-refractivity contribution < 1.29 is 9.47 Å². The van der Waals surface area contributed by atoms with Crippen LogP contribution in [-0.4, -0.2) is 31.6 Å². The van der Waals surface area contributed by atoms with Crippen molar-refractivity contribution in [2.45, 2.75) is 31.3 Å². The van der Waals surface area contributed by atoms with E-state index in [9.17, 15) is 5.26 Å². The molecule has 0 amide bonds. The normalized spacial score (nSPS) is 15.6. The summed E-state index contributed by atoms with van der Waals surface area (Å²) in [6, 6.07) is 28.7. The third-order valence-corrected chi connectivity index (χ3v) is 6.30. The Bertz CT molecular complexity index is 1020. The maximum absolute atomic E-state index is 9.18. The Kier molecular flexibility index (Phi) is 7.42. The minimum Gasteiger partial charge on any atom is -0.493 e. The number of methoxy groups -OCH3 is 1. The lowest BCUT2D eigenvalue weighted by molar-refractivity contribution is 0.144. The Morgan fingerprint density at radius 3 is 2.28 bits per heavy atom. The zero-order valence-electron chi connectivity index (χ0n) is 18.6. The van der Waals surface area contributed by atoms with E-state index in [4.69, 9.17) is 9.47 Å². The van der Waals surface area contributed by atoms with Crippen molar-refractivity contribution >= 4 is 0 Å². The molecule has 1 aliphatic heterocycles. The summed E-state index contributed by atoms with van der Waals surface area (Å²) in [7, 11) is 1.61. The van der Waals surface area contributed by atoms with Gasteiger partial charge in [-0.05, 0) is 55.1 Å². The summed E-state index contributed by atoms with van der Waals surface area (Å²) in [4.78, 5) is 2.55. The van der Waals surface area contributed by atoms with Gasteiger partial charge in [0.25, 0.3) is 0 Å². The van der Waals surface area contributed by atoms with Gasteiger partial charge in [-0.2, -0.15) is 5.26 Å². The van der Waals surface area contributed by atoms with E-state index in [1.165, 1.54) is 18.4 Å². The molecular weight excluding hydrogens is 396 g/mol. The molecule has 1 saturated heterocycles. The number of hydrogen-bond acceptors (Lipinski definition) is 4. The van der Waals surface area contributed by atoms with Gasteiger partial charge in [0.1, 0.15) is 6.10 Å². The van der Waals surface area contributed by atoms with E-state index in [1.54, 1.807) is 19.2 Å². The summed E-state index contributed by atoms with van der Waals surface area (Å²) in [5, 5.41) is 9.18. The fourth-order valence-electron chi connectivity index (χ4n) is 4.46. The third-order valence-electron chi connectivity index (χ3n) is 6.30. The number of likely N-dealkylation sites (tertiary alicyclic amines) is 1. The van der Waals surface area contributed by atoms with E-state index in [1.807, 2.05) is 24.3 Å². The zero-order chi connectivity index (χ0) is 22.2. The van der Waals surface area contributed by atoms with Crippen molar-refractivity contribution in [2.24, 2.45) is 0 Å². The molecule has 4 heteroatoms. The van der Waals surface area contributed by atoms with Gasteiger partial charge in [-0.25, -0.2) is 0 Å². The molecule has 1 atom stereocenters. The van der Waals surface area contributed by atoms with Crippen molar-refractivity contribution in [1.82, 2.24) is 4.90 Å². The number of rotatable bonds is 8. The third kappa shape index (κ3) is 5.49. The van der Waals surface area contributed by atoms with Crippen LogP contribution in [0, 0.1) is 11.3 Å². The highest BCUT2D eigenvalue weighted by atomic mass is 16.5. The molecule has 3 aromatic rings.